The van der Waals surface area contributed by atoms with E-state index < -0.39 is 0 Å². The van der Waals surface area contributed by atoms with Gasteiger partial charge in [0.1, 0.15) is 0 Å². The molecule has 0 aromatic heterocycles. The van der Waals surface area contributed by atoms with Gasteiger partial charge in [0.05, 0.1) is 0 Å². The molecule has 0 bridgehead atoms. The van der Waals surface area contributed by atoms with Gasteiger partial charge in [-0.2, -0.15) is 0 Å². The van der Waals surface area contributed by atoms with Gasteiger partial charge in [0, 0.05) is 43.6 Å². The number of aryl methyl sites for hydroxylation is 1. The van der Waals surface area contributed by atoms with E-state index in [2.05, 4.69) is 17.1 Å². The summed E-state index contributed by atoms with van der Waals surface area (Å²) in [4.78, 5) is 16.7. The number of nitrogens with one attached hydrogen (secondary N) is 1. The lowest BCUT2D eigenvalue weighted by atomic mass is 10.1. The minimum Gasteiger partial charge on any atom is -0.454 e. The number of piperazine rings is 1. The van der Waals surface area contributed by atoms with Crippen LogP contribution in [0.3, 0.4) is 0 Å². The highest BCUT2D eigenvalue weighted by molar-refractivity contribution is 5.90. The summed E-state index contributed by atoms with van der Waals surface area (Å²) in [6, 6.07) is 13.9. The largest absolute Gasteiger partial charge is 0.454 e. The van der Waals surface area contributed by atoms with Crippen molar-refractivity contribution in [2.75, 3.05) is 43.2 Å². The second-order valence-electron chi connectivity index (χ2n) is 6.45. The minimum absolute atomic E-state index is 0.0313. The first-order chi connectivity index (χ1) is 12.7. The Hall–Kier alpha value is -2.89. The van der Waals surface area contributed by atoms with Crippen molar-refractivity contribution in [3.63, 3.8) is 0 Å². The molecule has 136 valence electrons. The predicted octanol–water partition coefficient (Wildman–Crippen LogP) is 3.33. The number of amides is 2. The van der Waals surface area contributed by atoms with Gasteiger partial charge in [-0.3, -0.25) is 0 Å². The fourth-order valence-electron chi connectivity index (χ4n) is 3.39. The van der Waals surface area contributed by atoms with E-state index in [-0.39, 0.29) is 12.8 Å². The summed E-state index contributed by atoms with van der Waals surface area (Å²) in [5.74, 6) is 1.58. The monoisotopic (exact) mass is 353 g/mol. The highest BCUT2D eigenvalue weighted by atomic mass is 16.7. The molecule has 1 saturated heterocycles. The van der Waals surface area contributed by atoms with Crippen molar-refractivity contribution in [2.45, 2.75) is 13.3 Å². The Morgan fingerprint density at radius 3 is 2.62 bits per heavy atom. The maximum absolute atomic E-state index is 12.6. The number of benzene rings is 2. The van der Waals surface area contributed by atoms with Crippen LogP contribution in [0.5, 0.6) is 11.5 Å². The van der Waals surface area contributed by atoms with E-state index in [4.69, 9.17) is 9.47 Å². The molecule has 0 saturated carbocycles. The van der Waals surface area contributed by atoms with Crippen LogP contribution in [0, 0.1) is 0 Å². The predicted molar refractivity (Wildman–Crippen MR) is 101 cm³/mol. The number of anilines is 2. The van der Waals surface area contributed by atoms with Gasteiger partial charge < -0.3 is 24.6 Å². The number of fused-ring (bicyclic) bond motifs is 1. The van der Waals surface area contributed by atoms with Crippen LogP contribution in [0.25, 0.3) is 0 Å². The van der Waals surface area contributed by atoms with Gasteiger partial charge in [0.15, 0.2) is 11.5 Å². The summed E-state index contributed by atoms with van der Waals surface area (Å²) in [7, 11) is 0. The standard InChI is InChI=1S/C20H23N3O3/c1-2-15-5-3-4-6-17(15)21-20(24)23-11-9-22(10-12-23)16-7-8-18-19(13-16)26-14-25-18/h3-8,13H,2,9-12,14H2,1H3,(H,21,24). The van der Waals surface area contributed by atoms with Crippen LogP contribution in [0.4, 0.5) is 16.2 Å². The smallest absolute Gasteiger partial charge is 0.321 e. The molecule has 1 fully saturated rings. The summed E-state index contributed by atoms with van der Waals surface area (Å²) in [5.41, 5.74) is 3.16. The lowest BCUT2D eigenvalue weighted by Crippen LogP contribution is -2.50. The first-order valence-electron chi connectivity index (χ1n) is 9.03. The Morgan fingerprint density at radius 1 is 1.04 bits per heavy atom. The van der Waals surface area contributed by atoms with Crippen molar-refractivity contribution >= 4 is 17.4 Å². The van der Waals surface area contributed by atoms with Crippen molar-refractivity contribution in [1.29, 1.82) is 0 Å². The fraction of sp³-hybridized carbons (Fsp3) is 0.350. The van der Waals surface area contributed by atoms with Gasteiger partial charge in [0.2, 0.25) is 6.79 Å². The van der Waals surface area contributed by atoms with E-state index in [1.54, 1.807) is 0 Å². The molecule has 0 radical (unpaired) electrons. The number of rotatable bonds is 3. The molecule has 2 heterocycles. The van der Waals surface area contributed by atoms with Gasteiger partial charge in [-0.1, -0.05) is 25.1 Å². The molecule has 1 N–H and O–H groups in total. The molecule has 2 aromatic rings. The SMILES string of the molecule is CCc1ccccc1NC(=O)N1CCN(c2ccc3c(c2)OCO3)CC1. The molecule has 0 aliphatic carbocycles. The minimum atomic E-state index is -0.0313. The average molecular weight is 353 g/mol. The maximum atomic E-state index is 12.6. The number of carbonyl (C=O) groups excluding carboxylic acids is 1. The van der Waals surface area contributed by atoms with Gasteiger partial charge in [-0.15, -0.1) is 0 Å². The van der Waals surface area contributed by atoms with E-state index in [1.807, 2.05) is 47.4 Å². The van der Waals surface area contributed by atoms with E-state index >= 15 is 0 Å². The molecule has 2 aromatic carbocycles. The highest BCUT2D eigenvalue weighted by Gasteiger charge is 2.23. The van der Waals surface area contributed by atoms with Crippen LogP contribution in [-0.4, -0.2) is 43.9 Å². The lowest BCUT2D eigenvalue weighted by Gasteiger charge is -2.36. The number of para-hydroxylation sites is 1. The Labute approximate surface area is 153 Å². The molecule has 6 nitrogen and oxygen atoms in total. The number of urea groups is 1. The fourth-order valence-corrected chi connectivity index (χ4v) is 3.39. The van der Waals surface area contributed by atoms with Gasteiger partial charge in [-0.05, 0) is 30.2 Å². The zero-order valence-electron chi connectivity index (χ0n) is 14.9. The summed E-state index contributed by atoms with van der Waals surface area (Å²) < 4.78 is 10.8. The van der Waals surface area contributed by atoms with Crippen molar-refractivity contribution < 1.29 is 14.3 Å². The van der Waals surface area contributed by atoms with Crippen LogP contribution < -0.4 is 19.7 Å². The number of hydrogen-bond donors (Lipinski definition) is 1. The number of nitrogens with zero attached hydrogens (tertiary/aromatic N) is 2. The van der Waals surface area contributed by atoms with E-state index in [0.29, 0.717) is 13.1 Å². The number of hydrogen-bond acceptors (Lipinski definition) is 4. The first kappa shape index (κ1) is 16.6. The molecule has 26 heavy (non-hydrogen) atoms. The third-order valence-corrected chi connectivity index (χ3v) is 4.93. The molecule has 0 unspecified atom stereocenters. The van der Waals surface area contributed by atoms with E-state index in [1.165, 1.54) is 0 Å². The number of ether oxygens (including phenoxy) is 2. The normalized spacial score (nSPS) is 15.9. The van der Waals surface area contributed by atoms with Gasteiger partial charge in [0.25, 0.3) is 0 Å². The van der Waals surface area contributed by atoms with Crippen LogP contribution >= 0.6 is 0 Å². The zero-order valence-corrected chi connectivity index (χ0v) is 14.9. The van der Waals surface area contributed by atoms with Crippen molar-refractivity contribution in [3.8, 4) is 11.5 Å². The Bertz CT molecular complexity index is 801. The Morgan fingerprint density at radius 2 is 1.81 bits per heavy atom. The molecular weight excluding hydrogens is 330 g/mol. The lowest BCUT2D eigenvalue weighted by molar-refractivity contribution is 0.174. The van der Waals surface area contributed by atoms with Gasteiger partial charge in [-0.25, -0.2) is 4.79 Å². The quantitative estimate of drug-likeness (QED) is 0.920. The van der Waals surface area contributed by atoms with Gasteiger partial charge >= 0.3 is 6.03 Å². The molecule has 2 aliphatic heterocycles. The average Bonchev–Trinajstić information content (AvgIpc) is 3.16. The van der Waals surface area contributed by atoms with Crippen LogP contribution in [0.1, 0.15) is 12.5 Å². The Balaban J connectivity index is 1.36. The van der Waals surface area contributed by atoms with Crippen LogP contribution in [0.2, 0.25) is 0 Å². The van der Waals surface area contributed by atoms with Crippen LogP contribution in [-0.2, 0) is 6.42 Å². The maximum Gasteiger partial charge on any atom is 0.321 e. The van der Waals surface area contributed by atoms with Crippen molar-refractivity contribution in [2.24, 2.45) is 0 Å². The highest BCUT2D eigenvalue weighted by Crippen LogP contribution is 2.35. The first-order valence-corrected chi connectivity index (χ1v) is 9.03. The number of carbonyl (C=O) groups is 1. The molecule has 2 aliphatic rings. The topological polar surface area (TPSA) is 54.0 Å². The molecular formula is C20H23N3O3. The van der Waals surface area contributed by atoms with E-state index in [9.17, 15) is 4.79 Å². The summed E-state index contributed by atoms with van der Waals surface area (Å²) in [6.07, 6.45) is 0.897. The molecule has 4 rings (SSSR count). The third kappa shape index (κ3) is 3.27. The molecule has 0 atom stereocenters. The second kappa shape index (κ2) is 7.15. The van der Waals surface area contributed by atoms with Crippen molar-refractivity contribution in [3.05, 3.63) is 48.0 Å². The molecule has 2 amide bonds. The second-order valence-corrected chi connectivity index (χ2v) is 6.45. The van der Waals surface area contributed by atoms with E-state index in [0.717, 1.165) is 47.9 Å². The third-order valence-electron chi connectivity index (χ3n) is 4.93. The summed E-state index contributed by atoms with van der Waals surface area (Å²) >= 11 is 0. The zero-order chi connectivity index (χ0) is 17.9. The summed E-state index contributed by atoms with van der Waals surface area (Å²) in [5, 5.41) is 3.05. The Kier molecular flexibility index (Phi) is 4.56. The summed E-state index contributed by atoms with van der Waals surface area (Å²) in [6.45, 7) is 5.34. The molecule has 0 spiro atoms. The molecule has 6 heteroatoms. The van der Waals surface area contributed by atoms with Crippen LogP contribution in [0.15, 0.2) is 42.5 Å². The van der Waals surface area contributed by atoms with Crippen molar-refractivity contribution in [1.82, 2.24) is 4.90 Å².